The molecule has 3 aliphatic rings. The topological polar surface area (TPSA) is 51.2 Å². The zero-order valence-corrected chi connectivity index (χ0v) is 26.3. The number of allylic oxidation sites excluding steroid dienone is 6. The first-order chi connectivity index (χ1) is 19.7. The second kappa shape index (κ2) is 15.9. The molecule has 6 heteroatoms. The van der Waals surface area contributed by atoms with Gasteiger partial charge in [0.2, 0.25) is 11.5 Å². The van der Waals surface area contributed by atoms with E-state index in [1.807, 2.05) is 45.9 Å². The molecule has 0 spiro atoms. The number of benzene rings is 1. The van der Waals surface area contributed by atoms with Gasteiger partial charge in [-0.15, -0.1) is 0 Å². The van der Waals surface area contributed by atoms with Gasteiger partial charge < -0.3 is 19.1 Å². The third-order valence-corrected chi connectivity index (χ3v) is 8.05. The number of rotatable bonds is 10. The summed E-state index contributed by atoms with van der Waals surface area (Å²) >= 11 is 0. The molecule has 2 aliphatic heterocycles. The first kappa shape index (κ1) is 32.5. The maximum absolute atomic E-state index is 14.0. The van der Waals surface area contributed by atoms with Crippen LogP contribution in [0.1, 0.15) is 96.3 Å². The Balaban J connectivity index is 0.000000507. The number of methoxy groups -OCH3 is 1. The highest BCUT2D eigenvalue weighted by molar-refractivity contribution is 5.96. The lowest BCUT2D eigenvalue weighted by atomic mass is 9.89. The molecule has 1 atom stereocenters. The summed E-state index contributed by atoms with van der Waals surface area (Å²) in [6.07, 6.45) is 22.0. The minimum absolute atomic E-state index is 0.0196. The number of carbonyl (C=O) groups is 1. The smallest absolute Gasteiger partial charge is 0.255 e. The molecule has 1 unspecified atom stereocenters. The van der Waals surface area contributed by atoms with E-state index in [1.165, 1.54) is 37.7 Å². The molecule has 0 bridgehead atoms. The third-order valence-electron chi connectivity index (χ3n) is 8.05. The van der Waals surface area contributed by atoms with Crippen LogP contribution >= 0.6 is 0 Å². The number of fused-ring (bicyclic) bond motifs is 1. The molecule has 1 amide bonds. The SMILES string of the molecule is C/C=C(\C)CN(C(=O)c1cc(OC)c2c(c1)OC(C)(C)O2)C1CCCN1CC1CCCCC1.C=C/C=C\C/C=C\C. The Morgan fingerprint density at radius 2 is 1.88 bits per heavy atom. The van der Waals surface area contributed by atoms with Gasteiger partial charge in [0.1, 0.15) is 0 Å². The average Bonchev–Trinajstić information content (AvgIpc) is 3.55. The Hall–Kier alpha value is -2.99. The average molecular weight is 565 g/mol. The quantitative estimate of drug-likeness (QED) is 0.211. The molecule has 0 N–H and O–H groups in total. The molecule has 41 heavy (non-hydrogen) atoms. The fourth-order valence-corrected chi connectivity index (χ4v) is 5.86. The number of likely N-dealkylation sites (tertiary alicyclic amines) is 1. The third kappa shape index (κ3) is 9.26. The Morgan fingerprint density at radius 1 is 1.12 bits per heavy atom. The molecular formula is C35H52N2O4. The van der Waals surface area contributed by atoms with E-state index >= 15 is 0 Å². The van der Waals surface area contributed by atoms with Crippen molar-refractivity contribution in [2.45, 2.75) is 97.9 Å². The minimum Gasteiger partial charge on any atom is -0.493 e. The highest BCUT2D eigenvalue weighted by Crippen LogP contribution is 2.47. The van der Waals surface area contributed by atoms with Gasteiger partial charge in [-0.3, -0.25) is 9.69 Å². The number of carbonyl (C=O) groups excluding carboxylic acids is 1. The van der Waals surface area contributed by atoms with Crippen molar-refractivity contribution in [3.8, 4) is 17.2 Å². The van der Waals surface area contributed by atoms with Gasteiger partial charge in [-0.05, 0) is 70.9 Å². The van der Waals surface area contributed by atoms with E-state index in [1.54, 1.807) is 19.3 Å². The van der Waals surface area contributed by atoms with Crippen LogP contribution in [0.25, 0.3) is 0 Å². The first-order valence-electron chi connectivity index (χ1n) is 15.4. The van der Waals surface area contributed by atoms with Gasteiger partial charge in [-0.25, -0.2) is 0 Å². The number of amides is 1. The molecule has 2 heterocycles. The van der Waals surface area contributed by atoms with E-state index in [-0.39, 0.29) is 12.1 Å². The fourth-order valence-electron chi connectivity index (χ4n) is 5.86. The van der Waals surface area contributed by atoms with Crippen LogP contribution in [0.2, 0.25) is 0 Å². The second-order valence-electron chi connectivity index (χ2n) is 11.8. The predicted octanol–water partition coefficient (Wildman–Crippen LogP) is 8.31. The van der Waals surface area contributed by atoms with Gasteiger partial charge in [0.05, 0.1) is 13.3 Å². The van der Waals surface area contributed by atoms with Crippen LogP contribution < -0.4 is 14.2 Å². The maximum atomic E-state index is 14.0. The second-order valence-corrected chi connectivity index (χ2v) is 11.8. The number of ether oxygens (including phenoxy) is 3. The van der Waals surface area contributed by atoms with Gasteiger partial charge in [0.25, 0.3) is 5.91 Å². The summed E-state index contributed by atoms with van der Waals surface area (Å²) < 4.78 is 17.4. The Morgan fingerprint density at radius 3 is 2.54 bits per heavy atom. The monoisotopic (exact) mass is 564 g/mol. The van der Waals surface area contributed by atoms with Crippen LogP contribution in [0.3, 0.4) is 0 Å². The molecule has 1 saturated carbocycles. The Kier molecular flexibility index (Phi) is 12.6. The summed E-state index contributed by atoms with van der Waals surface area (Å²) in [5, 5.41) is 0. The molecule has 2 fully saturated rings. The van der Waals surface area contributed by atoms with Gasteiger partial charge in [0.15, 0.2) is 11.5 Å². The lowest BCUT2D eigenvalue weighted by molar-refractivity contribution is -0.0439. The molecule has 226 valence electrons. The van der Waals surface area contributed by atoms with E-state index in [2.05, 4.69) is 41.5 Å². The lowest BCUT2D eigenvalue weighted by Gasteiger charge is -2.38. The van der Waals surface area contributed by atoms with E-state index in [0.29, 0.717) is 29.4 Å². The van der Waals surface area contributed by atoms with Crippen LogP contribution in [-0.2, 0) is 0 Å². The Labute approximate surface area is 248 Å². The molecule has 0 aromatic heterocycles. The van der Waals surface area contributed by atoms with Crippen molar-refractivity contribution in [2.24, 2.45) is 5.92 Å². The van der Waals surface area contributed by atoms with Crippen molar-refractivity contribution in [1.29, 1.82) is 0 Å². The molecule has 6 nitrogen and oxygen atoms in total. The highest BCUT2D eigenvalue weighted by Gasteiger charge is 2.38. The van der Waals surface area contributed by atoms with E-state index in [0.717, 1.165) is 38.3 Å². The highest BCUT2D eigenvalue weighted by atomic mass is 16.7. The number of nitrogens with zero attached hydrogens (tertiary/aromatic N) is 2. The number of hydrogen-bond donors (Lipinski definition) is 0. The molecule has 1 aromatic carbocycles. The summed E-state index contributed by atoms with van der Waals surface area (Å²) in [5.74, 6) is 1.67. The zero-order valence-electron chi connectivity index (χ0n) is 26.3. The molecule has 1 aliphatic carbocycles. The largest absolute Gasteiger partial charge is 0.493 e. The van der Waals surface area contributed by atoms with Crippen molar-refractivity contribution in [1.82, 2.24) is 9.80 Å². The summed E-state index contributed by atoms with van der Waals surface area (Å²) in [6, 6.07) is 3.61. The minimum atomic E-state index is -0.777. The Bertz CT molecular complexity index is 1100. The van der Waals surface area contributed by atoms with E-state index in [4.69, 9.17) is 14.2 Å². The van der Waals surface area contributed by atoms with Crippen LogP contribution in [-0.4, -0.2) is 54.4 Å². The normalized spacial score (nSPS) is 20.7. The van der Waals surface area contributed by atoms with Gasteiger partial charge in [-0.1, -0.05) is 67.9 Å². The summed E-state index contributed by atoms with van der Waals surface area (Å²) in [6.45, 7) is 16.2. The van der Waals surface area contributed by atoms with Crippen LogP contribution in [0.4, 0.5) is 0 Å². The van der Waals surface area contributed by atoms with E-state index in [9.17, 15) is 4.79 Å². The molecule has 4 rings (SSSR count). The van der Waals surface area contributed by atoms with Crippen molar-refractivity contribution < 1.29 is 19.0 Å². The lowest BCUT2D eigenvalue weighted by Crippen LogP contribution is -2.49. The van der Waals surface area contributed by atoms with Crippen LogP contribution in [0.5, 0.6) is 17.2 Å². The molecule has 1 aromatic rings. The van der Waals surface area contributed by atoms with Crippen LogP contribution in [0.15, 0.2) is 60.7 Å². The van der Waals surface area contributed by atoms with Crippen LogP contribution in [0, 0.1) is 5.92 Å². The van der Waals surface area contributed by atoms with Crippen molar-refractivity contribution in [3.63, 3.8) is 0 Å². The predicted molar refractivity (Wildman–Crippen MR) is 169 cm³/mol. The van der Waals surface area contributed by atoms with Gasteiger partial charge >= 0.3 is 0 Å². The number of hydrogen-bond acceptors (Lipinski definition) is 5. The summed E-state index contributed by atoms with van der Waals surface area (Å²) in [5.41, 5.74) is 1.78. The van der Waals surface area contributed by atoms with E-state index < -0.39 is 5.79 Å². The maximum Gasteiger partial charge on any atom is 0.255 e. The molecular weight excluding hydrogens is 512 g/mol. The zero-order chi connectivity index (χ0) is 29.8. The summed E-state index contributed by atoms with van der Waals surface area (Å²) in [7, 11) is 1.60. The van der Waals surface area contributed by atoms with Crippen molar-refractivity contribution in [2.75, 3.05) is 26.7 Å². The fraction of sp³-hybridized carbons (Fsp3) is 0.571. The molecule has 1 saturated heterocycles. The van der Waals surface area contributed by atoms with Gasteiger partial charge in [-0.2, -0.15) is 0 Å². The van der Waals surface area contributed by atoms with Crippen molar-refractivity contribution >= 4 is 5.91 Å². The standard InChI is InChI=1S/C27H40N2O4.C8H12/c1-6-19(2)17-29(24-13-10-14-28(24)18-20-11-8-7-9-12-20)26(30)21-15-22(31-5)25-23(16-21)32-27(3,4)33-25;1-3-5-7-8-6-4-2/h6,15-16,20,24H,7-14,17-18H2,1-5H3;3-7H,1,8H2,2H3/b19-6+;6-4-,7-5-. The summed E-state index contributed by atoms with van der Waals surface area (Å²) in [4.78, 5) is 18.6. The van der Waals surface area contributed by atoms with Crippen molar-refractivity contribution in [3.05, 3.63) is 66.3 Å². The molecule has 0 radical (unpaired) electrons. The van der Waals surface area contributed by atoms with Gasteiger partial charge in [0, 0.05) is 39.0 Å². The first-order valence-corrected chi connectivity index (χ1v) is 15.4.